The molecular formula is C20H29N3O3S. The first-order valence-electron chi connectivity index (χ1n) is 10.2. The molecule has 6 nitrogen and oxygen atoms in total. The van der Waals surface area contributed by atoms with E-state index in [2.05, 4.69) is 17.2 Å². The molecule has 2 bridgehead atoms. The highest BCUT2D eigenvalue weighted by Crippen LogP contribution is 2.49. The van der Waals surface area contributed by atoms with E-state index in [0.717, 1.165) is 11.8 Å². The highest BCUT2D eigenvalue weighted by Gasteiger charge is 2.42. The van der Waals surface area contributed by atoms with Crippen molar-refractivity contribution >= 4 is 15.9 Å². The van der Waals surface area contributed by atoms with Crippen molar-refractivity contribution in [2.45, 2.75) is 56.4 Å². The van der Waals surface area contributed by atoms with Gasteiger partial charge >= 0.3 is 0 Å². The first-order chi connectivity index (χ1) is 12.9. The van der Waals surface area contributed by atoms with Gasteiger partial charge in [-0.1, -0.05) is 6.42 Å². The van der Waals surface area contributed by atoms with Gasteiger partial charge in [0.25, 0.3) is 0 Å². The van der Waals surface area contributed by atoms with Gasteiger partial charge in [-0.15, -0.1) is 0 Å². The van der Waals surface area contributed by atoms with E-state index < -0.39 is 10.0 Å². The number of rotatable bonds is 5. The number of nitrogens with one attached hydrogen (secondary N) is 1. The van der Waals surface area contributed by atoms with E-state index in [-0.39, 0.29) is 22.8 Å². The predicted molar refractivity (Wildman–Crippen MR) is 102 cm³/mol. The van der Waals surface area contributed by atoms with Gasteiger partial charge in [0.15, 0.2) is 0 Å². The van der Waals surface area contributed by atoms with E-state index in [1.807, 2.05) is 0 Å². The third-order valence-electron chi connectivity index (χ3n) is 6.90. The topological polar surface area (TPSA) is 79.4 Å². The molecule has 2 aliphatic carbocycles. The fourth-order valence-corrected chi connectivity index (χ4v) is 6.80. The Morgan fingerprint density at radius 3 is 2.59 bits per heavy atom. The van der Waals surface area contributed by atoms with Crippen LogP contribution >= 0.6 is 0 Å². The quantitative estimate of drug-likeness (QED) is 0.836. The number of nitrogens with zero attached hydrogens (tertiary/aromatic N) is 2. The zero-order valence-electron chi connectivity index (χ0n) is 15.9. The van der Waals surface area contributed by atoms with Crippen LogP contribution < -0.4 is 5.32 Å². The second kappa shape index (κ2) is 7.51. The van der Waals surface area contributed by atoms with E-state index in [1.54, 1.807) is 18.3 Å². The highest BCUT2D eigenvalue weighted by atomic mass is 32.2. The Hall–Kier alpha value is -1.47. The van der Waals surface area contributed by atoms with Crippen molar-refractivity contribution in [2.75, 3.05) is 13.1 Å². The van der Waals surface area contributed by atoms with E-state index in [9.17, 15) is 13.2 Å². The Morgan fingerprint density at radius 1 is 1.22 bits per heavy atom. The molecule has 3 fully saturated rings. The molecule has 1 amide bonds. The molecule has 2 heterocycles. The molecule has 0 spiro atoms. The van der Waals surface area contributed by atoms with Crippen molar-refractivity contribution in [2.24, 2.45) is 23.7 Å². The lowest BCUT2D eigenvalue weighted by molar-refractivity contribution is -0.127. The maximum Gasteiger partial charge on any atom is 0.244 e. The molecule has 1 aromatic heterocycles. The number of hydrogen-bond acceptors (Lipinski definition) is 4. The van der Waals surface area contributed by atoms with Gasteiger partial charge in [0.05, 0.1) is 0 Å². The van der Waals surface area contributed by atoms with Gasteiger partial charge in [-0.3, -0.25) is 9.78 Å². The first kappa shape index (κ1) is 18.9. The summed E-state index contributed by atoms with van der Waals surface area (Å²) in [5.74, 6) is 2.30. The number of aromatic nitrogens is 1. The lowest BCUT2D eigenvalue weighted by atomic mass is 9.83. The minimum Gasteiger partial charge on any atom is -0.353 e. The van der Waals surface area contributed by atoms with E-state index in [0.29, 0.717) is 31.8 Å². The maximum absolute atomic E-state index is 12.7. The molecule has 4 atom stereocenters. The van der Waals surface area contributed by atoms with Crippen molar-refractivity contribution in [3.63, 3.8) is 0 Å². The van der Waals surface area contributed by atoms with Crippen LogP contribution in [0.1, 0.15) is 45.4 Å². The summed E-state index contributed by atoms with van der Waals surface area (Å²) in [6.07, 6.45) is 9.39. The SMILES string of the molecule is C[C@@H](NC(=O)C1CCN(S(=O)(=O)c2cccnc2)CC1)[C@H]1C[C@@H]2CC[C@@H]1C2. The van der Waals surface area contributed by atoms with Crippen LogP contribution in [-0.4, -0.2) is 42.7 Å². The second-order valence-electron chi connectivity index (χ2n) is 8.50. The summed E-state index contributed by atoms with van der Waals surface area (Å²) in [6, 6.07) is 3.42. The molecule has 27 heavy (non-hydrogen) atoms. The fraction of sp³-hybridized carbons (Fsp3) is 0.700. The monoisotopic (exact) mass is 391 g/mol. The predicted octanol–water partition coefficient (Wildman–Crippen LogP) is 2.42. The molecule has 0 unspecified atom stereocenters. The number of sulfonamides is 1. The van der Waals surface area contributed by atoms with Gasteiger partial charge < -0.3 is 5.32 Å². The summed E-state index contributed by atoms with van der Waals surface area (Å²) in [4.78, 5) is 16.8. The van der Waals surface area contributed by atoms with E-state index >= 15 is 0 Å². The number of carbonyl (C=O) groups is 1. The molecule has 1 N–H and O–H groups in total. The van der Waals surface area contributed by atoms with Gasteiger partial charge in [0, 0.05) is 37.4 Å². The second-order valence-corrected chi connectivity index (χ2v) is 10.4. The van der Waals surface area contributed by atoms with Crippen LogP contribution in [-0.2, 0) is 14.8 Å². The molecule has 4 rings (SSSR count). The summed E-state index contributed by atoms with van der Waals surface area (Å²) in [5.41, 5.74) is 0. The molecule has 0 aromatic carbocycles. The summed E-state index contributed by atoms with van der Waals surface area (Å²) in [7, 11) is -3.51. The third kappa shape index (κ3) is 3.76. The van der Waals surface area contributed by atoms with Gasteiger partial charge in [-0.05, 0) is 68.9 Å². The van der Waals surface area contributed by atoms with E-state index in [1.165, 1.54) is 36.2 Å². The van der Waals surface area contributed by atoms with Crippen LogP contribution in [0.5, 0.6) is 0 Å². The Bertz CT molecular complexity index is 775. The average Bonchev–Trinajstić information content (AvgIpc) is 3.32. The van der Waals surface area contributed by atoms with Crippen LogP contribution in [0.15, 0.2) is 29.4 Å². The molecule has 7 heteroatoms. The number of pyridine rings is 1. The Labute approximate surface area is 161 Å². The molecular weight excluding hydrogens is 362 g/mol. The Balaban J connectivity index is 1.30. The van der Waals surface area contributed by atoms with Crippen molar-refractivity contribution in [1.29, 1.82) is 0 Å². The van der Waals surface area contributed by atoms with Gasteiger partial charge in [0.2, 0.25) is 15.9 Å². The van der Waals surface area contributed by atoms with Gasteiger partial charge in [0.1, 0.15) is 4.90 Å². The molecule has 2 saturated carbocycles. The van der Waals surface area contributed by atoms with Crippen LogP contribution in [0.3, 0.4) is 0 Å². The minimum absolute atomic E-state index is 0.0913. The summed E-state index contributed by atoms with van der Waals surface area (Å²) < 4.78 is 26.8. The molecule has 1 aliphatic heterocycles. The number of piperidine rings is 1. The van der Waals surface area contributed by atoms with Crippen molar-refractivity contribution in [3.8, 4) is 0 Å². The number of fused-ring (bicyclic) bond motifs is 2. The van der Waals surface area contributed by atoms with Crippen molar-refractivity contribution in [1.82, 2.24) is 14.6 Å². The largest absolute Gasteiger partial charge is 0.353 e. The Kier molecular flexibility index (Phi) is 5.25. The van der Waals surface area contributed by atoms with Crippen molar-refractivity contribution in [3.05, 3.63) is 24.5 Å². The lowest BCUT2D eigenvalue weighted by Crippen LogP contribution is -2.47. The third-order valence-corrected chi connectivity index (χ3v) is 8.78. The van der Waals surface area contributed by atoms with Gasteiger partial charge in [-0.25, -0.2) is 8.42 Å². The van der Waals surface area contributed by atoms with E-state index in [4.69, 9.17) is 0 Å². The standard InChI is InChI=1S/C20H29N3O3S/c1-14(19-12-15-4-5-17(19)11-15)22-20(24)16-6-9-23(10-7-16)27(25,26)18-3-2-8-21-13-18/h2-3,8,13-17,19H,4-7,9-12H2,1H3,(H,22,24)/t14-,15-,17-,19-/m1/s1. The lowest BCUT2D eigenvalue weighted by Gasteiger charge is -2.33. The van der Waals surface area contributed by atoms with Gasteiger partial charge in [-0.2, -0.15) is 4.31 Å². The smallest absolute Gasteiger partial charge is 0.244 e. The summed E-state index contributed by atoms with van der Waals surface area (Å²) in [6.45, 7) is 2.92. The average molecular weight is 392 g/mol. The summed E-state index contributed by atoms with van der Waals surface area (Å²) >= 11 is 0. The highest BCUT2D eigenvalue weighted by molar-refractivity contribution is 7.89. The normalized spacial score (nSPS) is 30.3. The Morgan fingerprint density at radius 2 is 2.00 bits per heavy atom. The molecule has 3 aliphatic rings. The van der Waals surface area contributed by atoms with Crippen LogP contribution in [0.25, 0.3) is 0 Å². The molecule has 1 aromatic rings. The minimum atomic E-state index is -3.51. The fourth-order valence-electron chi connectivity index (χ4n) is 5.36. The van der Waals surface area contributed by atoms with Crippen LogP contribution in [0, 0.1) is 23.7 Å². The molecule has 0 radical (unpaired) electrons. The first-order valence-corrected chi connectivity index (χ1v) is 11.6. The van der Waals surface area contributed by atoms with Crippen molar-refractivity contribution < 1.29 is 13.2 Å². The number of amides is 1. The molecule has 148 valence electrons. The molecule has 1 saturated heterocycles. The number of hydrogen-bond donors (Lipinski definition) is 1. The summed E-state index contributed by atoms with van der Waals surface area (Å²) in [5, 5.41) is 3.24. The zero-order chi connectivity index (χ0) is 19.0. The zero-order valence-corrected chi connectivity index (χ0v) is 16.7. The van der Waals surface area contributed by atoms with Crippen LogP contribution in [0.2, 0.25) is 0 Å². The maximum atomic E-state index is 12.7. The number of carbonyl (C=O) groups excluding carboxylic acids is 1. The van der Waals surface area contributed by atoms with Crippen LogP contribution in [0.4, 0.5) is 0 Å².